The lowest BCUT2D eigenvalue weighted by Gasteiger charge is -2.31. The Labute approximate surface area is 119 Å². The van der Waals surface area contributed by atoms with Gasteiger partial charge in [-0.15, -0.1) is 0 Å². The van der Waals surface area contributed by atoms with Crippen LogP contribution in [-0.4, -0.2) is 17.8 Å². The molecule has 0 aliphatic carbocycles. The molecule has 2 aromatic rings. The van der Waals surface area contributed by atoms with Crippen molar-refractivity contribution in [2.45, 2.75) is 25.4 Å². The van der Waals surface area contributed by atoms with Gasteiger partial charge in [-0.1, -0.05) is 36.4 Å². The first kappa shape index (κ1) is 13.2. The molecule has 3 rings (SSSR count). The quantitative estimate of drug-likeness (QED) is 0.895. The van der Waals surface area contributed by atoms with Crippen LogP contribution in [0.5, 0.6) is 11.5 Å². The van der Waals surface area contributed by atoms with Crippen LogP contribution < -0.4 is 10.1 Å². The molecule has 20 heavy (non-hydrogen) atoms. The second-order valence-corrected chi connectivity index (χ2v) is 5.19. The maximum Gasteiger partial charge on any atom is 0.132 e. The topological polar surface area (TPSA) is 41.5 Å². The average molecular weight is 269 g/mol. The summed E-state index contributed by atoms with van der Waals surface area (Å²) in [5.74, 6) is 1.81. The minimum Gasteiger partial charge on any atom is -0.457 e. The molecule has 0 fully saturated rings. The van der Waals surface area contributed by atoms with Crippen LogP contribution in [0, 0.1) is 0 Å². The lowest BCUT2D eigenvalue weighted by Crippen LogP contribution is -2.33. The van der Waals surface area contributed by atoms with Crippen LogP contribution in [0.3, 0.4) is 0 Å². The van der Waals surface area contributed by atoms with Crippen molar-refractivity contribution in [2.75, 3.05) is 6.61 Å². The second-order valence-electron chi connectivity index (χ2n) is 5.19. The molecule has 0 aromatic heterocycles. The van der Waals surface area contributed by atoms with Crippen molar-refractivity contribution in [2.24, 2.45) is 0 Å². The SMILES string of the molecule is CC(CCO)NC1c2ccccc2Oc2ccccc21. The zero-order chi connectivity index (χ0) is 13.9. The first-order valence-electron chi connectivity index (χ1n) is 7.02. The number of aliphatic hydroxyl groups excluding tert-OH is 1. The van der Waals surface area contributed by atoms with Crippen molar-refractivity contribution in [1.82, 2.24) is 5.32 Å². The highest BCUT2D eigenvalue weighted by molar-refractivity contribution is 5.52. The number of ether oxygens (including phenoxy) is 1. The third-order valence-electron chi connectivity index (χ3n) is 3.69. The molecule has 1 aliphatic rings. The molecule has 104 valence electrons. The maximum absolute atomic E-state index is 9.09. The van der Waals surface area contributed by atoms with E-state index in [2.05, 4.69) is 24.4 Å². The second kappa shape index (κ2) is 5.65. The van der Waals surface area contributed by atoms with Gasteiger partial charge in [0.05, 0.1) is 6.04 Å². The van der Waals surface area contributed by atoms with Crippen molar-refractivity contribution >= 4 is 0 Å². The lowest BCUT2D eigenvalue weighted by atomic mass is 9.94. The van der Waals surface area contributed by atoms with E-state index in [9.17, 15) is 0 Å². The summed E-state index contributed by atoms with van der Waals surface area (Å²) in [5, 5.41) is 12.7. The van der Waals surface area contributed by atoms with E-state index in [4.69, 9.17) is 9.84 Å². The molecule has 3 heteroatoms. The number of para-hydroxylation sites is 2. The lowest BCUT2D eigenvalue weighted by molar-refractivity contribution is 0.264. The summed E-state index contributed by atoms with van der Waals surface area (Å²) in [6.07, 6.45) is 0.738. The molecule has 1 heterocycles. The molecule has 0 bridgehead atoms. The summed E-state index contributed by atoms with van der Waals surface area (Å²) in [7, 11) is 0. The predicted octanol–water partition coefficient (Wildman–Crippen LogP) is 3.24. The van der Waals surface area contributed by atoms with E-state index in [0.29, 0.717) is 0 Å². The Morgan fingerprint density at radius 1 is 1.05 bits per heavy atom. The first-order chi connectivity index (χ1) is 9.79. The van der Waals surface area contributed by atoms with Gasteiger partial charge in [0.15, 0.2) is 0 Å². The Morgan fingerprint density at radius 3 is 2.15 bits per heavy atom. The monoisotopic (exact) mass is 269 g/mol. The highest BCUT2D eigenvalue weighted by atomic mass is 16.5. The molecule has 0 saturated carbocycles. The van der Waals surface area contributed by atoms with E-state index in [1.165, 1.54) is 0 Å². The van der Waals surface area contributed by atoms with Crippen LogP contribution in [0.15, 0.2) is 48.5 Å². The average Bonchev–Trinajstić information content (AvgIpc) is 2.47. The van der Waals surface area contributed by atoms with Gasteiger partial charge in [-0.25, -0.2) is 0 Å². The van der Waals surface area contributed by atoms with Crippen LogP contribution in [-0.2, 0) is 0 Å². The fourth-order valence-corrected chi connectivity index (χ4v) is 2.65. The largest absolute Gasteiger partial charge is 0.457 e. The molecular weight excluding hydrogens is 250 g/mol. The third kappa shape index (κ3) is 2.42. The smallest absolute Gasteiger partial charge is 0.132 e. The maximum atomic E-state index is 9.09. The molecule has 0 spiro atoms. The summed E-state index contributed by atoms with van der Waals surface area (Å²) in [6, 6.07) is 16.6. The number of hydrogen-bond acceptors (Lipinski definition) is 3. The van der Waals surface area contributed by atoms with Gasteiger partial charge in [0, 0.05) is 23.8 Å². The number of nitrogens with one attached hydrogen (secondary N) is 1. The number of aliphatic hydroxyl groups is 1. The van der Waals surface area contributed by atoms with E-state index in [1.54, 1.807) is 0 Å². The van der Waals surface area contributed by atoms with E-state index in [-0.39, 0.29) is 18.7 Å². The third-order valence-corrected chi connectivity index (χ3v) is 3.69. The van der Waals surface area contributed by atoms with Crippen LogP contribution in [0.4, 0.5) is 0 Å². The molecule has 0 radical (unpaired) electrons. The van der Waals surface area contributed by atoms with Crippen molar-refractivity contribution in [1.29, 1.82) is 0 Å². The summed E-state index contributed by atoms with van der Waals surface area (Å²) < 4.78 is 5.96. The minimum absolute atomic E-state index is 0.109. The van der Waals surface area contributed by atoms with Gasteiger partial charge in [0.2, 0.25) is 0 Å². The van der Waals surface area contributed by atoms with Crippen molar-refractivity contribution in [3.8, 4) is 11.5 Å². The normalized spacial score (nSPS) is 15.1. The van der Waals surface area contributed by atoms with Crippen molar-refractivity contribution in [3.05, 3.63) is 59.7 Å². The van der Waals surface area contributed by atoms with Gasteiger partial charge in [0.25, 0.3) is 0 Å². The highest BCUT2D eigenvalue weighted by Gasteiger charge is 2.27. The highest BCUT2D eigenvalue weighted by Crippen LogP contribution is 2.42. The Kier molecular flexibility index (Phi) is 3.72. The van der Waals surface area contributed by atoms with Gasteiger partial charge in [-0.2, -0.15) is 0 Å². The predicted molar refractivity (Wildman–Crippen MR) is 79.1 cm³/mol. The molecule has 0 amide bonds. The fourth-order valence-electron chi connectivity index (χ4n) is 2.65. The van der Waals surface area contributed by atoms with Crippen LogP contribution >= 0.6 is 0 Å². The molecule has 2 aromatic carbocycles. The fraction of sp³-hybridized carbons (Fsp3) is 0.294. The van der Waals surface area contributed by atoms with Gasteiger partial charge in [-0.05, 0) is 25.5 Å². The van der Waals surface area contributed by atoms with Crippen LogP contribution in [0.1, 0.15) is 30.5 Å². The summed E-state index contributed by atoms with van der Waals surface area (Å²) in [5.41, 5.74) is 2.30. The molecular formula is C17H19NO2. The Balaban J connectivity index is 1.99. The number of benzene rings is 2. The molecule has 2 N–H and O–H groups in total. The minimum atomic E-state index is 0.109. The molecule has 1 aliphatic heterocycles. The van der Waals surface area contributed by atoms with E-state index in [0.717, 1.165) is 29.0 Å². The number of fused-ring (bicyclic) bond motifs is 2. The van der Waals surface area contributed by atoms with E-state index >= 15 is 0 Å². The standard InChI is InChI=1S/C17H19NO2/c1-12(10-11-19)18-17-13-6-2-4-8-15(13)20-16-9-5-3-7-14(16)17/h2-9,12,17-19H,10-11H2,1H3. The Morgan fingerprint density at radius 2 is 1.60 bits per heavy atom. The molecule has 1 unspecified atom stereocenters. The van der Waals surface area contributed by atoms with Gasteiger partial charge < -0.3 is 15.2 Å². The molecule has 0 saturated heterocycles. The molecule has 1 atom stereocenters. The zero-order valence-electron chi connectivity index (χ0n) is 11.5. The van der Waals surface area contributed by atoms with Gasteiger partial charge >= 0.3 is 0 Å². The summed E-state index contributed by atoms with van der Waals surface area (Å²) in [6.45, 7) is 2.29. The van der Waals surface area contributed by atoms with E-state index in [1.807, 2.05) is 36.4 Å². The summed E-state index contributed by atoms with van der Waals surface area (Å²) >= 11 is 0. The van der Waals surface area contributed by atoms with Crippen LogP contribution in [0.25, 0.3) is 0 Å². The van der Waals surface area contributed by atoms with Crippen LogP contribution in [0.2, 0.25) is 0 Å². The zero-order valence-corrected chi connectivity index (χ0v) is 11.5. The first-order valence-corrected chi connectivity index (χ1v) is 7.02. The van der Waals surface area contributed by atoms with E-state index < -0.39 is 0 Å². The Hall–Kier alpha value is -1.84. The van der Waals surface area contributed by atoms with Crippen molar-refractivity contribution < 1.29 is 9.84 Å². The van der Waals surface area contributed by atoms with Gasteiger partial charge in [0.1, 0.15) is 11.5 Å². The van der Waals surface area contributed by atoms with Gasteiger partial charge in [-0.3, -0.25) is 0 Å². The summed E-state index contributed by atoms with van der Waals surface area (Å²) in [4.78, 5) is 0. The Bertz CT molecular complexity index is 552. The van der Waals surface area contributed by atoms with Crippen molar-refractivity contribution in [3.63, 3.8) is 0 Å². The number of hydrogen-bond donors (Lipinski definition) is 2. The molecule has 3 nitrogen and oxygen atoms in total. The number of rotatable bonds is 4.